The molecule has 7 nitrogen and oxygen atoms in total. The van der Waals surface area contributed by atoms with Crippen molar-refractivity contribution in [3.8, 4) is 6.07 Å². The van der Waals surface area contributed by atoms with Gasteiger partial charge in [0.1, 0.15) is 11.6 Å². The van der Waals surface area contributed by atoms with Gasteiger partial charge in [-0.3, -0.25) is 14.4 Å². The molecule has 1 aromatic rings. The van der Waals surface area contributed by atoms with E-state index in [4.69, 9.17) is 10.00 Å². The molecule has 25 heavy (non-hydrogen) atoms. The van der Waals surface area contributed by atoms with Crippen LogP contribution in [0.3, 0.4) is 0 Å². The number of nitriles is 1. The van der Waals surface area contributed by atoms with Gasteiger partial charge in [-0.05, 0) is 44.7 Å². The summed E-state index contributed by atoms with van der Waals surface area (Å²) in [6.07, 6.45) is 2.22. The Bertz CT molecular complexity index is 731. The van der Waals surface area contributed by atoms with Crippen LogP contribution < -0.4 is 10.9 Å². The second-order valence-corrected chi connectivity index (χ2v) is 6.09. The van der Waals surface area contributed by atoms with E-state index < -0.39 is 11.5 Å². The quantitative estimate of drug-likeness (QED) is 0.694. The molecular formula is C18H25N3O4. The third-order valence-electron chi connectivity index (χ3n) is 3.99. The number of aromatic nitrogens is 1. The van der Waals surface area contributed by atoms with Crippen molar-refractivity contribution in [2.24, 2.45) is 0 Å². The Labute approximate surface area is 147 Å². The van der Waals surface area contributed by atoms with Crippen LogP contribution in [0.4, 0.5) is 0 Å². The number of aryl methyl sites for hydroxylation is 1. The number of rotatable bonds is 8. The summed E-state index contributed by atoms with van der Waals surface area (Å²) in [5.41, 5.74) is 1.57. The van der Waals surface area contributed by atoms with Gasteiger partial charge in [0.05, 0.1) is 0 Å². The lowest BCUT2D eigenvalue weighted by atomic mass is 9.99. The van der Waals surface area contributed by atoms with E-state index in [9.17, 15) is 14.4 Å². The minimum atomic E-state index is -0.498. The van der Waals surface area contributed by atoms with Crippen molar-refractivity contribution in [3.05, 3.63) is 32.7 Å². The van der Waals surface area contributed by atoms with E-state index in [-0.39, 0.29) is 30.5 Å². The molecule has 0 aliphatic heterocycles. The van der Waals surface area contributed by atoms with Crippen molar-refractivity contribution in [1.29, 1.82) is 5.26 Å². The number of esters is 1. The molecule has 2 N–H and O–H groups in total. The van der Waals surface area contributed by atoms with Gasteiger partial charge in [-0.1, -0.05) is 13.3 Å². The minimum absolute atomic E-state index is 0.0482. The summed E-state index contributed by atoms with van der Waals surface area (Å²) in [5.74, 6) is -0.820. The number of pyridine rings is 1. The van der Waals surface area contributed by atoms with E-state index in [1.165, 1.54) is 0 Å². The number of H-pyrrole nitrogens is 1. The predicted molar refractivity (Wildman–Crippen MR) is 93.0 cm³/mol. The summed E-state index contributed by atoms with van der Waals surface area (Å²) in [4.78, 5) is 37.8. The smallest absolute Gasteiger partial charge is 0.306 e. The van der Waals surface area contributed by atoms with Gasteiger partial charge < -0.3 is 15.0 Å². The van der Waals surface area contributed by atoms with Gasteiger partial charge >= 0.3 is 5.97 Å². The molecule has 1 heterocycles. The first-order valence-electron chi connectivity index (χ1n) is 8.37. The fraction of sp³-hybridized carbons (Fsp3) is 0.556. The lowest BCUT2D eigenvalue weighted by Gasteiger charge is -2.13. The molecule has 0 aliphatic rings. The highest BCUT2D eigenvalue weighted by Gasteiger charge is 2.15. The molecular weight excluding hydrogens is 322 g/mol. The van der Waals surface area contributed by atoms with Gasteiger partial charge in [0.15, 0.2) is 6.61 Å². The van der Waals surface area contributed by atoms with Crippen LogP contribution in [0.1, 0.15) is 55.5 Å². The standard InChI is InChI=1S/C18H25N3O4/c1-5-6-11(2)20-16(22)10-25-17(23)8-7-14-12(3)15(9-19)18(24)21-13(14)4/h11H,5-8,10H2,1-4H3,(H,20,22)(H,21,24). The summed E-state index contributed by atoms with van der Waals surface area (Å²) in [6.45, 7) is 7.03. The van der Waals surface area contributed by atoms with Crippen LogP contribution in [0.5, 0.6) is 0 Å². The number of ether oxygens (including phenoxy) is 1. The highest BCUT2D eigenvalue weighted by molar-refractivity contribution is 5.80. The molecule has 1 aromatic heterocycles. The fourth-order valence-electron chi connectivity index (χ4n) is 2.69. The van der Waals surface area contributed by atoms with Crippen LogP contribution in [-0.4, -0.2) is 29.5 Å². The largest absolute Gasteiger partial charge is 0.456 e. The van der Waals surface area contributed by atoms with Gasteiger partial charge in [-0.15, -0.1) is 0 Å². The molecule has 0 saturated heterocycles. The zero-order valence-corrected chi connectivity index (χ0v) is 15.2. The van der Waals surface area contributed by atoms with Crippen LogP contribution in [0, 0.1) is 25.2 Å². The van der Waals surface area contributed by atoms with E-state index in [2.05, 4.69) is 10.3 Å². The van der Waals surface area contributed by atoms with Gasteiger partial charge in [-0.2, -0.15) is 5.26 Å². The Balaban J connectivity index is 2.57. The van der Waals surface area contributed by atoms with Crippen LogP contribution in [-0.2, 0) is 20.7 Å². The number of carbonyl (C=O) groups is 2. The van der Waals surface area contributed by atoms with Crippen molar-refractivity contribution in [3.63, 3.8) is 0 Å². The number of aromatic amines is 1. The maximum absolute atomic E-state index is 11.8. The molecule has 0 aliphatic carbocycles. The number of carbonyl (C=O) groups excluding carboxylic acids is 2. The first-order chi connectivity index (χ1) is 11.8. The van der Waals surface area contributed by atoms with E-state index in [0.717, 1.165) is 18.4 Å². The van der Waals surface area contributed by atoms with E-state index in [0.29, 0.717) is 17.7 Å². The van der Waals surface area contributed by atoms with Crippen molar-refractivity contribution in [2.75, 3.05) is 6.61 Å². The third-order valence-corrected chi connectivity index (χ3v) is 3.99. The Hall–Kier alpha value is -2.62. The highest BCUT2D eigenvalue weighted by Crippen LogP contribution is 2.15. The number of amides is 1. The fourth-order valence-corrected chi connectivity index (χ4v) is 2.69. The Morgan fingerprint density at radius 2 is 2.04 bits per heavy atom. The van der Waals surface area contributed by atoms with Crippen molar-refractivity contribution in [2.45, 2.75) is 59.4 Å². The molecule has 0 spiro atoms. The predicted octanol–water partition coefficient (Wildman–Crippen LogP) is 1.64. The Morgan fingerprint density at radius 3 is 2.64 bits per heavy atom. The number of hydrogen-bond acceptors (Lipinski definition) is 5. The van der Waals surface area contributed by atoms with Crippen LogP contribution in [0.2, 0.25) is 0 Å². The van der Waals surface area contributed by atoms with Crippen LogP contribution >= 0.6 is 0 Å². The van der Waals surface area contributed by atoms with Gasteiger partial charge in [0.2, 0.25) is 0 Å². The van der Waals surface area contributed by atoms with Crippen molar-refractivity contribution >= 4 is 11.9 Å². The Morgan fingerprint density at radius 1 is 1.36 bits per heavy atom. The van der Waals surface area contributed by atoms with E-state index in [1.807, 2.05) is 19.9 Å². The van der Waals surface area contributed by atoms with Crippen molar-refractivity contribution < 1.29 is 14.3 Å². The van der Waals surface area contributed by atoms with E-state index >= 15 is 0 Å². The van der Waals surface area contributed by atoms with Gasteiger partial charge in [0, 0.05) is 18.2 Å². The number of hydrogen-bond donors (Lipinski definition) is 2. The summed E-state index contributed by atoms with van der Waals surface area (Å²) < 4.78 is 4.98. The molecule has 0 aromatic carbocycles. The maximum atomic E-state index is 11.8. The van der Waals surface area contributed by atoms with E-state index in [1.54, 1.807) is 13.8 Å². The number of nitrogens with one attached hydrogen (secondary N) is 2. The topological polar surface area (TPSA) is 112 Å². The summed E-state index contributed by atoms with van der Waals surface area (Å²) in [7, 11) is 0. The molecule has 0 fully saturated rings. The molecule has 1 rings (SSSR count). The van der Waals surface area contributed by atoms with Crippen LogP contribution in [0.25, 0.3) is 0 Å². The summed E-state index contributed by atoms with van der Waals surface area (Å²) >= 11 is 0. The molecule has 1 unspecified atom stereocenters. The minimum Gasteiger partial charge on any atom is -0.456 e. The molecule has 0 radical (unpaired) electrons. The SMILES string of the molecule is CCCC(C)NC(=O)COC(=O)CCc1c(C)[nH]c(=O)c(C#N)c1C. The number of nitrogens with zero attached hydrogens (tertiary/aromatic N) is 1. The molecule has 1 atom stereocenters. The average Bonchev–Trinajstić information content (AvgIpc) is 2.53. The molecule has 7 heteroatoms. The first-order valence-corrected chi connectivity index (χ1v) is 8.37. The van der Waals surface area contributed by atoms with Crippen LogP contribution in [0.15, 0.2) is 4.79 Å². The zero-order chi connectivity index (χ0) is 19.0. The lowest BCUT2D eigenvalue weighted by molar-refractivity contribution is -0.148. The molecule has 1 amide bonds. The molecule has 0 saturated carbocycles. The third kappa shape index (κ3) is 6.07. The normalized spacial score (nSPS) is 11.5. The summed E-state index contributed by atoms with van der Waals surface area (Å²) in [6, 6.07) is 1.92. The first kappa shape index (κ1) is 20.4. The Kier molecular flexibility index (Phi) is 7.86. The lowest BCUT2D eigenvalue weighted by Crippen LogP contribution is -2.35. The average molecular weight is 347 g/mol. The highest BCUT2D eigenvalue weighted by atomic mass is 16.5. The molecule has 136 valence electrons. The monoisotopic (exact) mass is 347 g/mol. The summed E-state index contributed by atoms with van der Waals surface area (Å²) in [5, 5.41) is 11.8. The molecule has 0 bridgehead atoms. The van der Waals surface area contributed by atoms with Gasteiger partial charge in [0.25, 0.3) is 11.5 Å². The van der Waals surface area contributed by atoms with Crippen molar-refractivity contribution in [1.82, 2.24) is 10.3 Å². The maximum Gasteiger partial charge on any atom is 0.306 e. The second kappa shape index (κ2) is 9.62. The van der Waals surface area contributed by atoms with Gasteiger partial charge in [-0.25, -0.2) is 0 Å². The zero-order valence-electron chi connectivity index (χ0n) is 15.2. The second-order valence-electron chi connectivity index (χ2n) is 6.09.